The Bertz CT molecular complexity index is 974. The fourth-order valence-corrected chi connectivity index (χ4v) is 4.75. The van der Waals surface area contributed by atoms with Crippen molar-refractivity contribution in [2.24, 2.45) is 0 Å². The largest absolute Gasteiger partial charge is 0.491 e. The average Bonchev–Trinajstić information content (AvgIpc) is 3.43. The van der Waals surface area contributed by atoms with Crippen molar-refractivity contribution in [2.45, 2.75) is 55.8 Å². The van der Waals surface area contributed by atoms with Crippen molar-refractivity contribution in [1.29, 1.82) is 0 Å². The highest BCUT2D eigenvalue weighted by molar-refractivity contribution is 5.82. The quantitative estimate of drug-likeness (QED) is 0.675. The molecular formula is C23H25F3N2O4. The lowest BCUT2D eigenvalue weighted by Gasteiger charge is -2.32. The number of carboxylic acid groups (broad SMARTS) is 1. The van der Waals surface area contributed by atoms with E-state index in [1.807, 2.05) is 0 Å². The van der Waals surface area contributed by atoms with Gasteiger partial charge in [0.2, 0.25) is 0 Å². The first-order valence-electron chi connectivity index (χ1n) is 10.6. The summed E-state index contributed by atoms with van der Waals surface area (Å²) >= 11 is 0. The minimum absolute atomic E-state index is 0.0298. The van der Waals surface area contributed by atoms with E-state index in [4.69, 9.17) is 9.47 Å². The number of hydrogen-bond donors (Lipinski definition) is 2. The van der Waals surface area contributed by atoms with E-state index in [1.165, 1.54) is 25.4 Å². The van der Waals surface area contributed by atoms with E-state index in [0.29, 0.717) is 30.0 Å². The zero-order valence-corrected chi connectivity index (χ0v) is 17.6. The number of nitrogens with one attached hydrogen (secondary N) is 1. The fourth-order valence-electron chi connectivity index (χ4n) is 4.75. The van der Waals surface area contributed by atoms with Crippen LogP contribution in [0.15, 0.2) is 36.5 Å². The molecule has 2 fully saturated rings. The Labute approximate surface area is 183 Å². The average molecular weight is 450 g/mol. The van der Waals surface area contributed by atoms with Crippen LogP contribution in [0.4, 0.5) is 13.2 Å². The smallest absolute Gasteiger partial charge is 0.416 e. The molecule has 1 aliphatic heterocycles. The summed E-state index contributed by atoms with van der Waals surface area (Å²) in [6.45, 7) is 0.379. The third-order valence-electron chi connectivity index (χ3n) is 6.39. The van der Waals surface area contributed by atoms with Gasteiger partial charge in [-0.15, -0.1) is 0 Å². The highest BCUT2D eigenvalue weighted by atomic mass is 19.4. The standard InChI is InChI=1S/C23H25F3N2O4/c1-31-19-13-27-20(12-18(19)32-16-4-2-3-5-16)22(21(29)30)17(10-11-28-22)14-6-8-15(9-7-14)23(24,25)26/h6-9,12-13,16-17,28H,2-5,10-11H2,1H3,(H,29,30). The number of ether oxygens (including phenoxy) is 2. The zero-order chi connectivity index (χ0) is 22.9. The maximum Gasteiger partial charge on any atom is 0.416 e. The fraction of sp³-hybridized carbons (Fsp3) is 0.478. The van der Waals surface area contributed by atoms with Gasteiger partial charge in [0.15, 0.2) is 17.0 Å². The number of halogens is 3. The van der Waals surface area contributed by atoms with Crippen molar-refractivity contribution in [3.63, 3.8) is 0 Å². The lowest BCUT2D eigenvalue weighted by molar-refractivity contribution is -0.145. The van der Waals surface area contributed by atoms with Crippen LogP contribution in [0.5, 0.6) is 11.5 Å². The molecule has 2 unspecified atom stereocenters. The van der Waals surface area contributed by atoms with E-state index in [-0.39, 0.29) is 11.8 Å². The van der Waals surface area contributed by atoms with E-state index in [1.54, 1.807) is 6.07 Å². The second-order valence-electron chi connectivity index (χ2n) is 8.25. The SMILES string of the molecule is COc1cnc(C2(C(=O)O)NCCC2c2ccc(C(F)(F)F)cc2)cc1OC1CCCC1. The molecule has 1 saturated carbocycles. The number of pyridine rings is 1. The predicted octanol–water partition coefficient (Wildman–Crippen LogP) is 4.49. The normalized spacial score (nSPS) is 23.9. The van der Waals surface area contributed by atoms with Crippen LogP contribution in [-0.4, -0.2) is 35.8 Å². The Morgan fingerprint density at radius 3 is 2.44 bits per heavy atom. The molecule has 6 nitrogen and oxygen atoms in total. The minimum atomic E-state index is -4.46. The Morgan fingerprint density at radius 1 is 1.16 bits per heavy atom. The monoisotopic (exact) mass is 450 g/mol. The molecule has 172 valence electrons. The summed E-state index contributed by atoms with van der Waals surface area (Å²) in [5, 5.41) is 13.3. The van der Waals surface area contributed by atoms with Gasteiger partial charge in [-0.1, -0.05) is 12.1 Å². The van der Waals surface area contributed by atoms with E-state index in [2.05, 4.69) is 10.3 Å². The van der Waals surface area contributed by atoms with E-state index < -0.39 is 29.2 Å². The molecule has 2 aliphatic rings. The van der Waals surface area contributed by atoms with Crippen LogP contribution >= 0.6 is 0 Å². The van der Waals surface area contributed by atoms with Crippen LogP contribution in [0.2, 0.25) is 0 Å². The predicted molar refractivity (Wildman–Crippen MR) is 110 cm³/mol. The van der Waals surface area contributed by atoms with Crippen LogP contribution in [0.1, 0.15) is 54.8 Å². The van der Waals surface area contributed by atoms with Crippen molar-refractivity contribution >= 4 is 5.97 Å². The summed E-state index contributed by atoms with van der Waals surface area (Å²) in [5.74, 6) is -0.929. The molecule has 0 amide bonds. The molecule has 2 N–H and O–H groups in total. The summed E-state index contributed by atoms with van der Waals surface area (Å²) in [5.41, 5.74) is -1.63. The Morgan fingerprint density at radius 2 is 1.84 bits per heavy atom. The number of nitrogens with zero attached hydrogens (tertiary/aromatic N) is 1. The number of alkyl halides is 3. The number of benzene rings is 1. The first kappa shape index (κ1) is 22.4. The molecule has 0 spiro atoms. The maximum absolute atomic E-state index is 13.0. The van der Waals surface area contributed by atoms with E-state index in [0.717, 1.165) is 37.8 Å². The van der Waals surface area contributed by atoms with E-state index in [9.17, 15) is 23.1 Å². The summed E-state index contributed by atoms with van der Waals surface area (Å²) < 4.78 is 50.4. The van der Waals surface area contributed by atoms with Crippen LogP contribution in [0.3, 0.4) is 0 Å². The number of aromatic nitrogens is 1. The van der Waals surface area contributed by atoms with Gasteiger partial charge >= 0.3 is 12.1 Å². The van der Waals surface area contributed by atoms with Crippen molar-refractivity contribution < 1.29 is 32.5 Å². The molecule has 2 heterocycles. The molecule has 2 aromatic rings. The molecule has 4 rings (SSSR count). The highest BCUT2D eigenvalue weighted by Gasteiger charge is 2.53. The lowest BCUT2D eigenvalue weighted by atomic mass is 9.77. The van der Waals surface area contributed by atoms with Crippen LogP contribution in [0.25, 0.3) is 0 Å². The van der Waals surface area contributed by atoms with Gasteiger partial charge in [-0.2, -0.15) is 13.2 Å². The van der Waals surface area contributed by atoms with Crippen LogP contribution < -0.4 is 14.8 Å². The molecule has 32 heavy (non-hydrogen) atoms. The number of aliphatic carboxylic acids is 1. The Balaban J connectivity index is 1.73. The topological polar surface area (TPSA) is 80.7 Å². The van der Waals surface area contributed by atoms with Crippen molar-refractivity contribution in [3.05, 3.63) is 53.3 Å². The van der Waals surface area contributed by atoms with Gasteiger partial charge in [-0.25, -0.2) is 4.79 Å². The van der Waals surface area contributed by atoms with E-state index >= 15 is 0 Å². The number of methoxy groups -OCH3 is 1. The summed E-state index contributed by atoms with van der Waals surface area (Å²) in [7, 11) is 1.49. The summed E-state index contributed by atoms with van der Waals surface area (Å²) in [6, 6.07) is 6.24. The van der Waals surface area contributed by atoms with Crippen molar-refractivity contribution in [1.82, 2.24) is 10.3 Å². The molecular weight excluding hydrogens is 425 g/mol. The van der Waals surface area contributed by atoms with Gasteiger partial charge in [0.05, 0.1) is 30.7 Å². The molecule has 1 aliphatic carbocycles. The van der Waals surface area contributed by atoms with Gasteiger partial charge < -0.3 is 14.6 Å². The van der Waals surface area contributed by atoms with Gasteiger partial charge in [0.25, 0.3) is 0 Å². The number of hydrogen-bond acceptors (Lipinski definition) is 5. The summed E-state index contributed by atoms with van der Waals surface area (Å²) in [4.78, 5) is 17.0. The van der Waals surface area contributed by atoms with Gasteiger partial charge in [-0.05, 0) is 56.3 Å². The highest BCUT2D eigenvalue weighted by Crippen LogP contribution is 2.45. The third kappa shape index (κ3) is 4.01. The minimum Gasteiger partial charge on any atom is -0.491 e. The molecule has 0 radical (unpaired) electrons. The number of rotatable bonds is 6. The first-order chi connectivity index (χ1) is 15.3. The van der Waals surface area contributed by atoms with Gasteiger partial charge in [0, 0.05) is 12.0 Å². The lowest BCUT2D eigenvalue weighted by Crippen LogP contribution is -2.49. The van der Waals surface area contributed by atoms with Crippen molar-refractivity contribution in [3.8, 4) is 11.5 Å². The van der Waals surface area contributed by atoms with Gasteiger partial charge in [0.1, 0.15) is 0 Å². The zero-order valence-electron chi connectivity index (χ0n) is 17.6. The molecule has 9 heteroatoms. The first-order valence-corrected chi connectivity index (χ1v) is 10.6. The Kier molecular flexibility index (Phi) is 6.03. The maximum atomic E-state index is 13.0. The number of carboxylic acids is 1. The van der Waals surface area contributed by atoms with Crippen LogP contribution in [0, 0.1) is 0 Å². The van der Waals surface area contributed by atoms with Gasteiger partial charge in [-0.3, -0.25) is 10.3 Å². The molecule has 0 bridgehead atoms. The molecule has 2 atom stereocenters. The number of carbonyl (C=O) groups is 1. The Hall–Kier alpha value is -2.81. The molecule has 1 aromatic carbocycles. The van der Waals surface area contributed by atoms with Crippen LogP contribution in [-0.2, 0) is 16.5 Å². The van der Waals surface area contributed by atoms with Crippen molar-refractivity contribution in [2.75, 3.05) is 13.7 Å². The molecule has 1 aromatic heterocycles. The summed E-state index contributed by atoms with van der Waals surface area (Å²) in [6.07, 6.45) is 1.42. The third-order valence-corrected chi connectivity index (χ3v) is 6.39. The second-order valence-corrected chi connectivity index (χ2v) is 8.25. The second kappa shape index (κ2) is 8.61. The molecule has 1 saturated heterocycles.